The van der Waals surface area contributed by atoms with Gasteiger partial charge in [0.15, 0.2) is 0 Å². The van der Waals surface area contributed by atoms with E-state index in [1.807, 2.05) is 13.0 Å². The maximum atomic E-state index is 4.52. The number of benzene rings is 3. The third-order valence-corrected chi connectivity index (χ3v) is 10.7. The summed E-state index contributed by atoms with van der Waals surface area (Å²) in [6.07, 6.45) is 40.1. The molecule has 50 heavy (non-hydrogen) atoms. The van der Waals surface area contributed by atoms with E-state index in [0.29, 0.717) is 5.92 Å². The number of aryl methyl sites for hydroxylation is 1. The van der Waals surface area contributed by atoms with Gasteiger partial charge in [0.25, 0.3) is 0 Å². The molecule has 4 aliphatic rings. The molecule has 0 aliphatic heterocycles. The Kier molecular flexibility index (Phi) is 9.81. The van der Waals surface area contributed by atoms with Crippen LogP contribution >= 0.6 is 0 Å². The van der Waals surface area contributed by atoms with Gasteiger partial charge in [0, 0.05) is 17.8 Å². The van der Waals surface area contributed by atoms with Crippen LogP contribution in [-0.2, 0) is 0 Å². The third kappa shape index (κ3) is 6.44. The first kappa shape index (κ1) is 33.3. The van der Waals surface area contributed by atoms with Gasteiger partial charge in [0.1, 0.15) is 0 Å². The first-order chi connectivity index (χ1) is 24.5. The van der Waals surface area contributed by atoms with Gasteiger partial charge in [-0.2, -0.15) is 0 Å². The van der Waals surface area contributed by atoms with Crippen LogP contribution in [0.15, 0.2) is 158 Å². The minimum Gasteiger partial charge on any atom is -0.0988 e. The van der Waals surface area contributed by atoms with Crippen molar-refractivity contribution >= 4 is 23.3 Å². The van der Waals surface area contributed by atoms with Crippen LogP contribution in [0.2, 0.25) is 0 Å². The van der Waals surface area contributed by atoms with E-state index in [0.717, 1.165) is 36.8 Å². The summed E-state index contributed by atoms with van der Waals surface area (Å²) in [4.78, 5) is 0. The molecular weight excluding hydrogens is 601 g/mol. The Morgan fingerprint density at radius 1 is 0.840 bits per heavy atom. The number of hydrogen-bond donors (Lipinski definition) is 0. The third-order valence-electron chi connectivity index (χ3n) is 10.7. The highest BCUT2D eigenvalue weighted by atomic mass is 14.4. The molecule has 0 radical (unpaired) electrons. The van der Waals surface area contributed by atoms with Crippen molar-refractivity contribution < 1.29 is 0 Å². The van der Waals surface area contributed by atoms with Gasteiger partial charge in [-0.25, -0.2) is 0 Å². The van der Waals surface area contributed by atoms with Crippen LogP contribution in [0.3, 0.4) is 0 Å². The first-order valence-electron chi connectivity index (χ1n) is 18.3. The zero-order chi connectivity index (χ0) is 34.6. The summed E-state index contributed by atoms with van der Waals surface area (Å²) in [5, 5.41) is 0. The van der Waals surface area contributed by atoms with Crippen LogP contribution in [0.1, 0.15) is 102 Å². The van der Waals surface area contributed by atoms with E-state index in [2.05, 4.69) is 167 Å². The lowest BCUT2D eigenvalue weighted by Crippen LogP contribution is -2.24. The molecule has 3 aromatic rings. The lowest BCUT2D eigenvalue weighted by Gasteiger charge is -2.41. The monoisotopic (exact) mass is 648 g/mol. The van der Waals surface area contributed by atoms with Crippen LogP contribution in [0.4, 0.5) is 0 Å². The maximum absolute atomic E-state index is 4.52. The van der Waals surface area contributed by atoms with Crippen LogP contribution in [-0.4, -0.2) is 0 Å². The van der Waals surface area contributed by atoms with Gasteiger partial charge in [-0.1, -0.05) is 146 Å². The second-order valence-corrected chi connectivity index (χ2v) is 14.0. The van der Waals surface area contributed by atoms with Gasteiger partial charge in [-0.3, -0.25) is 0 Å². The van der Waals surface area contributed by atoms with Crippen molar-refractivity contribution in [2.45, 2.75) is 64.2 Å². The zero-order valence-electron chi connectivity index (χ0n) is 29.8. The zero-order valence-corrected chi connectivity index (χ0v) is 29.8. The van der Waals surface area contributed by atoms with E-state index >= 15 is 0 Å². The number of hydrogen-bond acceptors (Lipinski definition) is 0. The molecule has 0 N–H and O–H groups in total. The lowest BCUT2D eigenvalue weighted by atomic mass is 9.62. The molecule has 0 saturated heterocycles. The van der Waals surface area contributed by atoms with Crippen LogP contribution in [0, 0.1) is 6.92 Å². The summed E-state index contributed by atoms with van der Waals surface area (Å²) in [5.41, 5.74) is 18.5. The van der Waals surface area contributed by atoms with Crippen LogP contribution in [0.25, 0.3) is 34.4 Å². The molecule has 0 fully saturated rings. The fourth-order valence-corrected chi connectivity index (χ4v) is 8.38. The Morgan fingerprint density at radius 2 is 1.68 bits per heavy atom. The van der Waals surface area contributed by atoms with Crippen molar-refractivity contribution in [2.75, 3.05) is 0 Å². The SMILES string of the molecule is C=C/C(=C\C=C/C)CC1=Cc2ccc3c4c2C(C=CC4CC=C3)C1c1c(C)cccc1-c1cc(C(=C)/C=C\C=C/C)cc(C2=CCCC=C2)c1. The fourth-order valence-electron chi connectivity index (χ4n) is 8.38. The average molecular weight is 649 g/mol. The Labute approximate surface area is 300 Å². The summed E-state index contributed by atoms with van der Waals surface area (Å²) >= 11 is 0. The molecule has 3 atom stereocenters. The minimum absolute atomic E-state index is 0.181. The van der Waals surface area contributed by atoms with Crippen molar-refractivity contribution in [3.05, 3.63) is 202 Å². The topological polar surface area (TPSA) is 0 Å². The van der Waals surface area contributed by atoms with Gasteiger partial charge in [0.05, 0.1) is 0 Å². The smallest absolute Gasteiger partial charge is 0.0167 e. The molecule has 3 unspecified atom stereocenters. The molecule has 0 amide bonds. The second kappa shape index (κ2) is 14.7. The highest BCUT2D eigenvalue weighted by Crippen LogP contribution is 2.55. The molecule has 0 heterocycles. The molecule has 0 nitrogen and oxygen atoms in total. The highest BCUT2D eigenvalue weighted by Gasteiger charge is 2.39. The fraction of sp³-hybridized carbons (Fsp3) is 0.200. The molecule has 7 rings (SSSR count). The summed E-state index contributed by atoms with van der Waals surface area (Å²) in [7, 11) is 0. The van der Waals surface area contributed by atoms with E-state index in [-0.39, 0.29) is 11.8 Å². The first-order valence-corrected chi connectivity index (χ1v) is 18.3. The summed E-state index contributed by atoms with van der Waals surface area (Å²) in [5.74, 6) is 0.880. The van der Waals surface area contributed by atoms with Crippen molar-refractivity contribution in [1.82, 2.24) is 0 Å². The molecule has 3 aromatic carbocycles. The Balaban J connectivity index is 1.45. The molecule has 0 spiro atoms. The van der Waals surface area contributed by atoms with Crippen molar-refractivity contribution in [3.63, 3.8) is 0 Å². The minimum atomic E-state index is 0.181. The van der Waals surface area contributed by atoms with Crippen molar-refractivity contribution in [1.29, 1.82) is 0 Å². The highest BCUT2D eigenvalue weighted by molar-refractivity contribution is 5.86. The standard InChI is InChI=1S/C50H48/c1-6-9-12-17-34(4)41-31-42(37-20-13-11-14-21-37)33-43(32-41)45-24-15-18-35(5)47(45)50-44(29-36(8-3)19-10-7-2)30-40-26-25-38-22-16-23-39-27-28-46(50)49(40)48(38)39/h6-10,12-13,15-22,24-28,30-33,39,46,50H,3-4,11,14,23,29H2,1-2,5H3/b9-6-,10-7-,17-12-,36-19+. The van der Waals surface area contributed by atoms with Crippen molar-refractivity contribution in [3.8, 4) is 11.1 Å². The summed E-state index contributed by atoms with van der Waals surface area (Å²) in [6.45, 7) is 15.2. The second-order valence-electron chi connectivity index (χ2n) is 14.0. The van der Waals surface area contributed by atoms with E-state index in [4.69, 9.17) is 0 Å². The summed E-state index contributed by atoms with van der Waals surface area (Å²) in [6, 6.07) is 18.7. The average Bonchev–Trinajstić information content (AvgIpc) is 3.15. The van der Waals surface area contributed by atoms with Gasteiger partial charge in [-0.05, 0) is 137 Å². The van der Waals surface area contributed by atoms with Gasteiger partial charge >= 0.3 is 0 Å². The van der Waals surface area contributed by atoms with E-state index in [1.165, 1.54) is 66.8 Å². The van der Waals surface area contributed by atoms with E-state index in [1.54, 1.807) is 0 Å². The Hall–Kier alpha value is -5.20. The number of rotatable bonds is 10. The Morgan fingerprint density at radius 3 is 2.48 bits per heavy atom. The molecule has 0 heteroatoms. The van der Waals surface area contributed by atoms with Gasteiger partial charge < -0.3 is 0 Å². The molecule has 0 aromatic heterocycles. The molecule has 248 valence electrons. The largest absolute Gasteiger partial charge is 0.0988 e. The molecule has 0 saturated carbocycles. The van der Waals surface area contributed by atoms with Crippen molar-refractivity contribution in [2.24, 2.45) is 0 Å². The predicted molar refractivity (Wildman–Crippen MR) is 219 cm³/mol. The lowest BCUT2D eigenvalue weighted by molar-refractivity contribution is 0.640. The maximum Gasteiger partial charge on any atom is 0.0167 e. The molecule has 4 aliphatic carbocycles. The van der Waals surface area contributed by atoms with E-state index in [9.17, 15) is 0 Å². The Bertz CT molecular complexity index is 2120. The molecule has 0 bridgehead atoms. The van der Waals surface area contributed by atoms with E-state index < -0.39 is 0 Å². The molecular formula is C50H48. The predicted octanol–water partition coefficient (Wildman–Crippen LogP) is 14.0. The normalized spacial score (nSPS) is 20.8. The van der Waals surface area contributed by atoms with Gasteiger partial charge in [-0.15, -0.1) is 0 Å². The van der Waals surface area contributed by atoms with Gasteiger partial charge in [0.2, 0.25) is 0 Å². The number of allylic oxidation sites excluding steroid dienone is 18. The quantitative estimate of drug-likeness (QED) is 0.152. The van der Waals surface area contributed by atoms with Crippen LogP contribution in [0.5, 0.6) is 0 Å². The van der Waals surface area contributed by atoms with Crippen LogP contribution < -0.4 is 0 Å². The summed E-state index contributed by atoms with van der Waals surface area (Å²) < 4.78 is 0.